The number of hydrogen-bond acceptors (Lipinski definition) is 1. The Morgan fingerprint density at radius 1 is 1.13 bits per heavy atom. The smallest absolute Gasteiger partial charge is 0.0344 e. The Morgan fingerprint density at radius 3 is 1.93 bits per heavy atom. The summed E-state index contributed by atoms with van der Waals surface area (Å²) in [6.45, 7) is 8.68. The first-order valence-electron chi connectivity index (χ1n) is 5.29. The molecule has 0 bridgehead atoms. The van der Waals surface area contributed by atoms with E-state index in [1.165, 1.54) is 11.1 Å². The van der Waals surface area contributed by atoms with Crippen molar-refractivity contribution in [3.05, 3.63) is 35.4 Å². The molecule has 1 aromatic rings. The molecule has 2 heteroatoms. The average Bonchev–Trinajstić information content (AvgIpc) is 2.15. The summed E-state index contributed by atoms with van der Waals surface area (Å²) in [5.74, 6) is 0. The van der Waals surface area contributed by atoms with E-state index in [0.717, 1.165) is 6.42 Å². The van der Waals surface area contributed by atoms with Gasteiger partial charge in [-0.2, -0.15) is 0 Å². The third-order valence-electron chi connectivity index (χ3n) is 2.68. The fourth-order valence-electron chi connectivity index (χ4n) is 1.46. The third kappa shape index (κ3) is 3.84. The summed E-state index contributed by atoms with van der Waals surface area (Å²) in [6, 6.07) is 8.75. The van der Waals surface area contributed by atoms with Crippen LogP contribution in [0.4, 0.5) is 0 Å². The fourth-order valence-corrected chi connectivity index (χ4v) is 1.46. The number of hydrogen-bond donors (Lipinski definition) is 1. The molecular formula is C13H22ClN. The fraction of sp³-hybridized carbons (Fsp3) is 0.538. The Kier molecular flexibility index (Phi) is 5.33. The van der Waals surface area contributed by atoms with Crippen LogP contribution >= 0.6 is 12.4 Å². The minimum atomic E-state index is 0. The van der Waals surface area contributed by atoms with Gasteiger partial charge in [-0.05, 0) is 23.0 Å². The molecule has 1 aromatic carbocycles. The second kappa shape index (κ2) is 5.53. The van der Waals surface area contributed by atoms with Crippen molar-refractivity contribution >= 4 is 12.4 Å². The molecule has 0 saturated heterocycles. The van der Waals surface area contributed by atoms with Crippen LogP contribution in [0.2, 0.25) is 0 Å². The zero-order valence-corrected chi connectivity index (χ0v) is 10.9. The maximum atomic E-state index is 6.16. The van der Waals surface area contributed by atoms with Crippen molar-refractivity contribution in [2.45, 2.75) is 40.2 Å². The minimum Gasteiger partial charge on any atom is -0.324 e. The van der Waals surface area contributed by atoms with E-state index in [2.05, 4.69) is 52.0 Å². The molecule has 15 heavy (non-hydrogen) atoms. The lowest BCUT2D eigenvalue weighted by molar-refractivity contribution is 0.327. The second-order valence-corrected chi connectivity index (χ2v) is 4.94. The lowest BCUT2D eigenvalue weighted by Crippen LogP contribution is -2.26. The third-order valence-corrected chi connectivity index (χ3v) is 2.68. The SMILES string of the molecule is CCc1ccc([C@H](N)C(C)(C)C)cc1.Cl. The Balaban J connectivity index is 0.00000196. The van der Waals surface area contributed by atoms with Gasteiger partial charge in [0.1, 0.15) is 0 Å². The van der Waals surface area contributed by atoms with Crippen molar-refractivity contribution < 1.29 is 0 Å². The van der Waals surface area contributed by atoms with Gasteiger partial charge in [0.15, 0.2) is 0 Å². The predicted molar refractivity (Wildman–Crippen MR) is 69.5 cm³/mol. The number of halogens is 1. The predicted octanol–water partition coefficient (Wildman–Crippen LogP) is 3.72. The lowest BCUT2D eigenvalue weighted by atomic mass is 9.83. The Morgan fingerprint density at radius 2 is 1.60 bits per heavy atom. The van der Waals surface area contributed by atoms with Gasteiger partial charge in [0, 0.05) is 6.04 Å². The zero-order valence-electron chi connectivity index (χ0n) is 10.1. The summed E-state index contributed by atoms with van der Waals surface area (Å²) in [4.78, 5) is 0. The van der Waals surface area contributed by atoms with E-state index in [0.29, 0.717) is 0 Å². The quantitative estimate of drug-likeness (QED) is 0.819. The largest absolute Gasteiger partial charge is 0.324 e. The molecule has 0 spiro atoms. The molecule has 0 fully saturated rings. The van der Waals surface area contributed by atoms with E-state index in [-0.39, 0.29) is 23.9 Å². The topological polar surface area (TPSA) is 26.0 Å². The van der Waals surface area contributed by atoms with E-state index < -0.39 is 0 Å². The molecule has 0 aliphatic rings. The van der Waals surface area contributed by atoms with Crippen LogP contribution in [0.3, 0.4) is 0 Å². The first kappa shape index (κ1) is 14.5. The molecule has 0 heterocycles. The van der Waals surface area contributed by atoms with Crippen molar-refractivity contribution in [3.8, 4) is 0 Å². The van der Waals surface area contributed by atoms with Crippen molar-refractivity contribution in [2.24, 2.45) is 11.1 Å². The van der Waals surface area contributed by atoms with Gasteiger partial charge in [-0.3, -0.25) is 0 Å². The Hall–Kier alpha value is -0.530. The molecule has 0 aromatic heterocycles. The van der Waals surface area contributed by atoms with Gasteiger partial charge in [0.25, 0.3) is 0 Å². The van der Waals surface area contributed by atoms with Gasteiger partial charge in [-0.1, -0.05) is 52.0 Å². The van der Waals surface area contributed by atoms with Gasteiger partial charge in [-0.15, -0.1) is 12.4 Å². The van der Waals surface area contributed by atoms with Crippen molar-refractivity contribution in [1.29, 1.82) is 0 Å². The van der Waals surface area contributed by atoms with Crippen molar-refractivity contribution in [2.75, 3.05) is 0 Å². The lowest BCUT2D eigenvalue weighted by Gasteiger charge is -2.27. The van der Waals surface area contributed by atoms with E-state index in [1.807, 2.05) is 0 Å². The summed E-state index contributed by atoms with van der Waals surface area (Å²) in [7, 11) is 0. The number of nitrogens with two attached hydrogens (primary N) is 1. The van der Waals surface area contributed by atoms with Crippen LogP contribution in [-0.2, 0) is 6.42 Å². The van der Waals surface area contributed by atoms with Crippen LogP contribution in [0.15, 0.2) is 24.3 Å². The highest BCUT2D eigenvalue weighted by atomic mass is 35.5. The van der Waals surface area contributed by atoms with Crippen LogP contribution in [0.5, 0.6) is 0 Å². The molecule has 1 rings (SSSR count). The molecule has 2 N–H and O–H groups in total. The molecule has 0 aliphatic carbocycles. The van der Waals surface area contributed by atoms with Gasteiger partial charge < -0.3 is 5.73 Å². The van der Waals surface area contributed by atoms with E-state index in [1.54, 1.807) is 0 Å². The van der Waals surface area contributed by atoms with E-state index in [4.69, 9.17) is 5.73 Å². The van der Waals surface area contributed by atoms with Gasteiger partial charge in [0.2, 0.25) is 0 Å². The number of aryl methyl sites for hydroxylation is 1. The average molecular weight is 228 g/mol. The van der Waals surface area contributed by atoms with Crippen LogP contribution in [0.25, 0.3) is 0 Å². The number of rotatable bonds is 2. The van der Waals surface area contributed by atoms with Crippen LogP contribution in [-0.4, -0.2) is 0 Å². The first-order valence-corrected chi connectivity index (χ1v) is 5.29. The molecule has 86 valence electrons. The van der Waals surface area contributed by atoms with Crippen molar-refractivity contribution in [1.82, 2.24) is 0 Å². The maximum Gasteiger partial charge on any atom is 0.0344 e. The second-order valence-electron chi connectivity index (χ2n) is 4.94. The molecule has 0 unspecified atom stereocenters. The highest BCUT2D eigenvalue weighted by Gasteiger charge is 2.21. The molecule has 0 aliphatic heterocycles. The van der Waals surface area contributed by atoms with Crippen LogP contribution < -0.4 is 5.73 Å². The van der Waals surface area contributed by atoms with E-state index >= 15 is 0 Å². The van der Waals surface area contributed by atoms with Crippen molar-refractivity contribution in [3.63, 3.8) is 0 Å². The summed E-state index contributed by atoms with van der Waals surface area (Å²) in [5.41, 5.74) is 8.90. The molecular weight excluding hydrogens is 206 g/mol. The van der Waals surface area contributed by atoms with Gasteiger partial charge in [0.05, 0.1) is 0 Å². The monoisotopic (exact) mass is 227 g/mol. The Bertz CT molecular complexity index is 284. The molecule has 0 amide bonds. The van der Waals surface area contributed by atoms with Gasteiger partial charge >= 0.3 is 0 Å². The molecule has 1 nitrogen and oxygen atoms in total. The zero-order chi connectivity index (χ0) is 10.8. The molecule has 1 atom stereocenters. The summed E-state index contributed by atoms with van der Waals surface area (Å²) in [5, 5.41) is 0. The summed E-state index contributed by atoms with van der Waals surface area (Å²) in [6.07, 6.45) is 1.09. The molecule has 0 saturated carbocycles. The highest BCUT2D eigenvalue weighted by Crippen LogP contribution is 2.30. The maximum absolute atomic E-state index is 6.16. The first-order chi connectivity index (χ1) is 6.45. The van der Waals surface area contributed by atoms with Crippen LogP contribution in [0, 0.1) is 5.41 Å². The standard InChI is InChI=1S/C13H21N.ClH/c1-5-10-6-8-11(9-7-10)12(14)13(2,3)4;/h6-9,12H,5,14H2,1-4H3;1H/t12-;/m0./s1. The summed E-state index contributed by atoms with van der Waals surface area (Å²) < 4.78 is 0. The van der Waals surface area contributed by atoms with Crippen LogP contribution in [0.1, 0.15) is 44.9 Å². The Labute approximate surface area is 99.5 Å². The van der Waals surface area contributed by atoms with Gasteiger partial charge in [-0.25, -0.2) is 0 Å². The normalized spacial score (nSPS) is 13.1. The van der Waals surface area contributed by atoms with E-state index in [9.17, 15) is 0 Å². The summed E-state index contributed by atoms with van der Waals surface area (Å²) >= 11 is 0. The highest BCUT2D eigenvalue weighted by molar-refractivity contribution is 5.85. The minimum absolute atomic E-state index is 0. The number of benzene rings is 1. The molecule has 0 radical (unpaired) electrons.